The zero-order valence-electron chi connectivity index (χ0n) is 11.7. The number of hydrogen-bond donors (Lipinski definition) is 1. The van der Waals surface area contributed by atoms with Crippen molar-refractivity contribution < 1.29 is 4.74 Å². The summed E-state index contributed by atoms with van der Waals surface area (Å²) in [5, 5.41) is 0. The second-order valence-corrected chi connectivity index (χ2v) is 5.04. The standard InChI is InChI=1S/C16H19N3O/c1-20-16-12(5-3-9-18-16)11-19-10-4-6-13-14(17)7-2-8-15(13)19/h2-3,5,7-9H,4,6,10-11,17H2,1H3. The van der Waals surface area contributed by atoms with Crippen LogP contribution < -0.4 is 15.4 Å². The van der Waals surface area contributed by atoms with Gasteiger partial charge in [-0.25, -0.2) is 4.98 Å². The van der Waals surface area contributed by atoms with Crippen molar-refractivity contribution in [3.05, 3.63) is 47.7 Å². The van der Waals surface area contributed by atoms with Crippen LogP contribution in [0.3, 0.4) is 0 Å². The summed E-state index contributed by atoms with van der Waals surface area (Å²) < 4.78 is 5.34. The van der Waals surface area contributed by atoms with Crippen LogP contribution in [0.2, 0.25) is 0 Å². The summed E-state index contributed by atoms with van der Waals surface area (Å²) in [7, 11) is 1.66. The molecule has 0 unspecified atom stereocenters. The predicted octanol–water partition coefficient (Wildman–Crippen LogP) is 2.63. The Bertz CT molecular complexity index is 612. The van der Waals surface area contributed by atoms with Gasteiger partial charge in [-0.15, -0.1) is 0 Å². The van der Waals surface area contributed by atoms with E-state index >= 15 is 0 Å². The number of benzene rings is 1. The zero-order valence-corrected chi connectivity index (χ0v) is 11.7. The number of nitrogens with zero attached hydrogens (tertiary/aromatic N) is 2. The SMILES string of the molecule is COc1ncccc1CN1CCCc2c(N)cccc21. The van der Waals surface area contributed by atoms with Crippen molar-refractivity contribution in [2.45, 2.75) is 19.4 Å². The van der Waals surface area contributed by atoms with Crippen molar-refractivity contribution in [2.24, 2.45) is 0 Å². The molecule has 4 nitrogen and oxygen atoms in total. The van der Waals surface area contributed by atoms with E-state index in [4.69, 9.17) is 10.5 Å². The van der Waals surface area contributed by atoms with E-state index in [0.717, 1.165) is 37.2 Å². The molecule has 0 saturated heterocycles. The van der Waals surface area contributed by atoms with E-state index < -0.39 is 0 Å². The largest absolute Gasteiger partial charge is 0.481 e. The first-order chi connectivity index (χ1) is 9.79. The minimum Gasteiger partial charge on any atom is -0.481 e. The molecule has 0 radical (unpaired) electrons. The van der Waals surface area contributed by atoms with Gasteiger partial charge >= 0.3 is 0 Å². The van der Waals surface area contributed by atoms with Crippen LogP contribution >= 0.6 is 0 Å². The Kier molecular flexibility index (Phi) is 3.46. The second kappa shape index (κ2) is 5.41. The van der Waals surface area contributed by atoms with Crippen LogP contribution in [-0.2, 0) is 13.0 Å². The number of nitrogens with two attached hydrogens (primary N) is 1. The van der Waals surface area contributed by atoms with E-state index in [-0.39, 0.29) is 0 Å². The summed E-state index contributed by atoms with van der Waals surface area (Å²) in [5.41, 5.74) is 10.6. The van der Waals surface area contributed by atoms with Crippen LogP contribution in [0.25, 0.3) is 0 Å². The molecule has 0 atom stereocenters. The van der Waals surface area contributed by atoms with Gasteiger partial charge in [0.2, 0.25) is 5.88 Å². The van der Waals surface area contributed by atoms with Gasteiger partial charge in [0.05, 0.1) is 7.11 Å². The van der Waals surface area contributed by atoms with Gasteiger partial charge in [0.25, 0.3) is 0 Å². The molecule has 0 spiro atoms. The fourth-order valence-corrected chi connectivity index (χ4v) is 2.83. The lowest BCUT2D eigenvalue weighted by molar-refractivity contribution is 0.392. The Hall–Kier alpha value is -2.23. The maximum Gasteiger partial charge on any atom is 0.218 e. The van der Waals surface area contributed by atoms with Gasteiger partial charge in [0, 0.05) is 36.2 Å². The Morgan fingerprint density at radius 1 is 1.30 bits per heavy atom. The van der Waals surface area contributed by atoms with Crippen LogP contribution in [0.5, 0.6) is 5.88 Å². The van der Waals surface area contributed by atoms with Gasteiger partial charge < -0.3 is 15.4 Å². The Labute approximate surface area is 119 Å². The molecule has 3 rings (SSSR count). The summed E-state index contributed by atoms with van der Waals surface area (Å²) >= 11 is 0. The van der Waals surface area contributed by atoms with E-state index in [1.54, 1.807) is 13.3 Å². The van der Waals surface area contributed by atoms with E-state index in [2.05, 4.69) is 22.0 Å². The van der Waals surface area contributed by atoms with Crippen LogP contribution in [0, 0.1) is 0 Å². The molecule has 2 aromatic rings. The molecular weight excluding hydrogens is 250 g/mol. The highest BCUT2D eigenvalue weighted by Crippen LogP contribution is 2.32. The first-order valence-corrected chi connectivity index (χ1v) is 6.90. The summed E-state index contributed by atoms with van der Waals surface area (Å²) in [6.45, 7) is 1.84. The third-order valence-corrected chi connectivity index (χ3v) is 3.79. The minimum atomic E-state index is 0.698. The fraction of sp³-hybridized carbons (Fsp3) is 0.312. The smallest absolute Gasteiger partial charge is 0.218 e. The van der Waals surface area contributed by atoms with Crippen molar-refractivity contribution >= 4 is 11.4 Å². The number of rotatable bonds is 3. The van der Waals surface area contributed by atoms with E-state index in [1.165, 1.54) is 11.3 Å². The molecule has 104 valence electrons. The number of methoxy groups -OCH3 is 1. The molecule has 1 aliphatic heterocycles. The van der Waals surface area contributed by atoms with Crippen LogP contribution in [0.15, 0.2) is 36.5 Å². The molecule has 2 N–H and O–H groups in total. The maximum atomic E-state index is 6.09. The van der Waals surface area contributed by atoms with E-state index in [1.807, 2.05) is 18.2 Å². The second-order valence-electron chi connectivity index (χ2n) is 5.04. The molecule has 0 fully saturated rings. The van der Waals surface area contributed by atoms with E-state index in [9.17, 15) is 0 Å². The first-order valence-electron chi connectivity index (χ1n) is 6.90. The zero-order chi connectivity index (χ0) is 13.9. The molecule has 4 heteroatoms. The van der Waals surface area contributed by atoms with Crippen LogP contribution in [0.4, 0.5) is 11.4 Å². The van der Waals surface area contributed by atoms with Gasteiger partial charge in [-0.2, -0.15) is 0 Å². The molecule has 0 saturated carbocycles. The molecule has 2 heterocycles. The highest BCUT2D eigenvalue weighted by atomic mass is 16.5. The third kappa shape index (κ3) is 2.29. The summed E-state index contributed by atoms with van der Waals surface area (Å²) in [6, 6.07) is 10.2. The molecule has 1 aromatic carbocycles. The highest BCUT2D eigenvalue weighted by molar-refractivity contribution is 5.66. The van der Waals surface area contributed by atoms with Crippen molar-refractivity contribution in [1.82, 2.24) is 4.98 Å². The van der Waals surface area contributed by atoms with Gasteiger partial charge in [0.1, 0.15) is 0 Å². The average Bonchev–Trinajstić information content (AvgIpc) is 2.49. The van der Waals surface area contributed by atoms with Crippen molar-refractivity contribution in [1.29, 1.82) is 0 Å². The number of ether oxygens (including phenoxy) is 1. The quantitative estimate of drug-likeness (QED) is 0.870. The van der Waals surface area contributed by atoms with Gasteiger partial charge in [-0.05, 0) is 36.6 Å². The summed E-state index contributed by atoms with van der Waals surface area (Å²) in [6.07, 6.45) is 3.94. The van der Waals surface area contributed by atoms with Crippen molar-refractivity contribution in [3.63, 3.8) is 0 Å². The maximum absolute atomic E-state index is 6.09. The Balaban J connectivity index is 1.92. The molecule has 20 heavy (non-hydrogen) atoms. The topological polar surface area (TPSA) is 51.4 Å². The lowest BCUT2D eigenvalue weighted by Crippen LogP contribution is -2.29. The van der Waals surface area contributed by atoms with Gasteiger partial charge in [0.15, 0.2) is 0 Å². The normalized spacial score (nSPS) is 13.9. The lowest BCUT2D eigenvalue weighted by Gasteiger charge is -2.32. The number of aromatic nitrogens is 1. The third-order valence-electron chi connectivity index (χ3n) is 3.79. The van der Waals surface area contributed by atoms with E-state index in [0.29, 0.717) is 5.88 Å². The van der Waals surface area contributed by atoms with Crippen LogP contribution in [0.1, 0.15) is 17.5 Å². The molecule has 0 amide bonds. The Morgan fingerprint density at radius 2 is 2.20 bits per heavy atom. The molecule has 1 aliphatic rings. The molecule has 0 bridgehead atoms. The van der Waals surface area contributed by atoms with Crippen LogP contribution in [-0.4, -0.2) is 18.6 Å². The number of fused-ring (bicyclic) bond motifs is 1. The Morgan fingerprint density at radius 3 is 3.05 bits per heavy atom. The highest BCUT2D eigenvalue weighted by Gasteiger charge is 2.19. The first kappa shape index (κ1) is 12.8. The number of nitrogen functional groups attached to an aromatic ring is 1. The summed E-state index contributed by atoms with van der Waals surface area (Å²) in [4.78, 5) is 6.62. The lowest BCUT2D eigenvalue weighted by atomic mass is 9.99. The van der Waals surface area contributed by atoms with Gasteiger partial charge in [-0.3, -0.25) is 0 Å². The fourth-order valence-electron chi connectivity index (χ4n) is 2.83. The number of pyridine rings is 1. The predicted molar refractivity (Wildman–Crippen MR) is 81.0 cm³/mol. The number of hydrogen-bond acceptors (Lipinski definition) is 4. The monoisotopic (exact) mass is 269 g/mol. The average molecular weight is 269 g/mol. The molecular formula is C16H19N3O. The van der Waals surface area contributed by atoms with Crippen molar-refractivity contribution in [3.8, 4) is 5.88 Å². The molecule has 0 aliphatic carbocycles. The van der Waals surface area contributed by atoms with Crippen molar-refractivity contribution in [2.75, 3.05) is 24.3 Å². The van der Waals surface area contributed by atoms with Gasteiger partial charge in [-0.1, -0.05) is 12.1 Å². The molecule has 1 aromatic heterocycles. The summed E-state index contributed by atoms with van der Waals surface area (Å²) in [5.74, 6) is 0.698. The number of anilines is 2. The minimum absolute atomic E-state index is 0.698.